The number of hydrogen-bond donors (Lipinski definition) is 2. The molecule has 2 aliphatic heterocycles. The maximum Gasteiger partial charge on any atom is 0.217 e. The molecule has 2 saturated carbocycles. The summed E-state index contributed by atoms with van der Waals surface area (Å²) in [5.74, 6) is 1.86. The minimum atomic E-state index is -0.188. The molecule has 0 aromatic carbocycles. The van der Waals surface area contributed by atoms with Crippen LogP contribution < -0.4 is 11.1 Å². The molecular formula is C19H33IN4O2. The first kappa shape index (κ1) is 20.2. The molecule has 7 heteroatoms. The third-order valence-corrected chi connectivity index (χ3v) is 6.94. The highest BCUT2D eigenvalue weighted by Crippen LogP contribution is 2.62. The molecule has 4 unspecified atom stereocenters. The van der Waals surface area contributed by atoms with Crippen LogP contribution in [0.1, 0.15) is 51.9 Å². The number of likely N-dealkylation sites (tertiary alicyclic amines) is 1. The van der Waals surface area contributed by atoms with Gasteiger partial charge in [-0.05, 0) is 44.9 Å². The van der Waals surface area contributed by atoms with Crippen LogP contribution in [0.5, 0.6) is 0 Å². The van der Waals surface area contributed by atoms with E-state index in [1.165, 1.54) is 25.7 Å². The second-order valence-corrected chi connectivity index (χ2v) is 8.38. The van der Waals surface area contributed by atoms with E-state index < -0.39 is 0 Å². The van der Waals surface area contributed by atoms with E-state index in [4.69, 9.17) is 15.5 Å². The summed E-state index contributed by atoms with van der Waals surface area (Å²) in [6.07, 6.45) is 8.24. The molecule has 2 saturated heterocycles. The van der Waals surface area contributed by atoms with Crippen LogP contribution in [0.25, 0.3) is 0 Å². The van der Waals surface area contributed by atoms with Gasteiger partial charge in [0, 0.05) is 50.0 Å². The number of nitrogens with two attached hydrogens (primary N) is 1. The molecule has 2 aliphatic carbocycles. The predicted octanol–water partition coefficient (Wildman–Crippen LogP) is 2.11. The number of fused-ring (bicyclic) bond motifs is 2. The zero-order chi connectivity index (χ0) is 17.4. The van der Waals surface area contributed by atoms with Crippen LogP contribution in [0.2, 0.25) is 0 Å². The lowest BCUT2D eigenvalue weighted by Gasteiger charge is -2.63. The summed E-state index contributed by atoms with van der Waals surface area (Å²) in [6, 6.07) is 0.510. The summed E-state index contributed by atoms with van der Waals surface area (Å²) in [7, 11) is 0. The number of piperidine rings is 1. The Bertz CT molecular complexity index is 552. The van der Waals surface area contributed by atoms with E-state index in [0.29, 0.717) is 35.8 Å². The summed E-state index contributed by atoms with van der Waals surface area (Å²) in [6.45, 7) is 5.70. The molecule has 1 spiro atoms. The zero-order valence-corrected chi connectivity index (χ0v) is 18.1. The summed E-state index contributed by atoms with van der Waals surface area (Å²) in [5, 5.41) is 3.84. The van der Waals surface area contributed by atoms with Crippen molar-refractivity contribution in [2.75, 3.05) is 26.2 Å². The Balaban J connectivity index is 0.00000196. The van der Waals surface area contributed by atoms with Gasteiger partial charge in [-0.2, -0.15) is 0 Å². The number of amides is 1. The number of carbonyl (C=O) groups is 1. The van der Waals surface area contributed by atoms with Gasteiger partial charge in [-0.15, -0.1) is 24.0 Å². The van der Waals surface area contributed by atoms with Crippen molar-refractivity contribution < 1.29 is 9.53 Å². The third kappa shape index (κ3) is 3.45. The van der Waals surface area contributed by atoms with Crippen molar-refractivity contribution in [3.8, 4) is 0 Å². The molecule has 1 amide bonds. The Labute approximate surface area is 173 Å². The number of nitrogens with zero attached hydrogens (tertiary/aromatic N) is 2. The maximum absolute atomic E-state index is 11.3. The van der Waals surface area contributed by atoms with E-state index in [-0.39, 0.29) is 29.9 Å². The fourth-order valence-electron chi connectivity index (χ4n) is 5.69. The number of aliphatic imine (C=N–C) groups is 1. The van der Waals surface area contributed by atoms with Crippen molar-refractivity contribution in [1.29, 1.82) is 0 Å². The van der Waals surface area contributed by atoms with Crippen LogP contribution in [0.3, 0.4) is 0 Å². The molecule has 4 aliphatic rings. The number of ether oxygens (including phenoxy) is 1. The molecule has 0 aromatic heterocycles. The van der Waals surface area contributed by atoms with Gasteiger partial charge < -0.3 is 20.7 Å². The summed E-state index contributed by atoms with van der Waals surface area (Å²) in [4.78, 5) is 18.5. The number of nitrogens with one attached hydrogen (secondary N) is 1. The van der Waals surface area contributed by atoms with Crippen molar-refractivity contribution in [2.24, 2.45) is 28.0 Å². The fraction of sp³-hybridized carbons (Fsp3) is 0.895. The van der Waals surface area contributed by atoms with Crippen molar-refractivity contribution >= 4 is 35.8 Å². The van der Waals surface area contributed by atoms with Crippen molar-refractivity contribution in [2.45, 2.75) is 64.0 Å². The highest BCUT2D eigenvalue weighted by atomic mass is 127. The lowest BCUT2D eigenvalue weighted by molar-refractivity contribution is -0.171. The van der Waals surface area contributed by atoms with Crippen molar-refractivity contribution in [3.63, 3.8) is 0 Å². The Kier molecular flexibility index (Phi) is 6.37. The third-order valence-electron chi connectivity index (χ3n) is 6.94. The second-order valence-electron chi connectivity index (χ2n) is 8.38. The van der Waals surface area contributed by atoms with Gasteiger partial charge in [0.05, 0.1) is 6.10 Å². The largest absolute Gasteiger partial charge is 0.377 e. The summed E-state index contributed by atoms with van der Waals surface area (Å²) < 4.78 is 6.04. The number of halogens is 1. The second kappa shape index (κ2) is 8.20. The van der Waals surface area contributed by atoms with Crippen LogP contribution in [0.4, 0.5) is 0 Å². The first-order valence-corrected chi connectivity index (χ1v) is 10.1. The molecule has 2 heterocycles. The number of carbonyl (C=O) groups excluding carboxylic acids is 1. The van der Waals surface area contributed by atoms with Crippen LogP contribution in [0, 0.1) is 17.3 Å². The van der Waals surface area contributed by atoms with E-state index in [0.717, 1.165) is 45.0 Å². The van der Waals surface area contributed by atoms with Crippen LogP contribution >= 0.6 is 24.0 Å². The molecule has 0 bridgehead atoms. The first-order valence-electron chi connectivity index (χ1n) is 10.1. The van der Waals surface area contributed by atoms with E-state index >= 15 is 0 Å². The molecule has 26 heavy (non-hydrogen) atoms. The SMILES string of the molecule is CCN=C(NC1C2CCOC2C12CCC2)N1CCCC(CC(N)=O)C1.I. The molecule has 0 aromatic rings. The lowest BCUT2D eigenvalue weighted by atomic mass is 9.46. The minimum Gasteiger partial charge on any atom is -0.377 e. The normalized spacial score (nSPS) is 35.1. The molecule has 148 valence electrons. The maximum atomic E-state index is 11.3. The molecular weight excluding hydrogens is 443 g/mol. The van der Waals surface area contributed by atoms with Gasteiger partial charge in [0.1, 0.15) is 0 Å². The Morgan fingerprint density at radius 1 is 1.35 bits per heavy atom. The van der Waals surface area contributed by atoms with Crippen molar-refractivity contribution in [3.05, 3.63) is 0 Å². The lowest BCUT2D eigenvalue weighted by Crippen LogP contribution is -2.72. The molecule has 4 rings (SSSR count). The van der Waals surface area contributed by atoms with Crippen molar-refractivity contribution in [1.82, 2.24) is 10.2 Å². The number of guanidine groups is 1. The standard InChI is InChI=1S/C19H32N4O2.HI/c1-2-21-18(23-9-3-5-13(12-23)11-15(20)24)22-16-14-6-10-25-17(14)19(16)7-4-8-19;/h13-14,16-17H,2-12H2,1H3,(H2,20,24)(H,21,22);1H. The zero-order valence-electron chi connectivity index (χ0n) is 15.8. The van der Waals surface area contributed by atoms with Crippen LogP contribution in [0.15, 0.2) is 4.99 Å². The highest BCUT2D eigenvalue weighted by Gasteiger charge is 2.66. The quantitative estimate of drug-likeness (QED) is 0.370. The summed E-state index contributed by atoms with van der Waals surface area (Å²) >= 11 is 0. The number of primary amides is 1. The monoisotopic (exact) mass is 476 g/mol. The minimum absolute atomic E-state index is 0. The molecule has 4 atom stereocenters. The number of hydrogen-bond acceptors (Lipinski definition) is 3. The van der Waals surface area contributed by atoms with E-state index in [9.17, 15) is 4.79 Å². The summed E-state index contributed by atoms with van der Waals surface area (Å²) in [5.41, 5.74) is 5.78. The molecule has 3 N–H and O–H groups in total. The van der Waals surface area contributed by atoms with Gasteiger partial charge in [0.2, 0.25) is 5.91 Å². The van der Waals surface area contributed by atoms with E-state index in [1.807, 2.05) is 0 Å². The topological polar surface area (TPSA) is 80.0 Å². The van der Waals surface area contributed by atoms with Gasteiger partial charge in [-0.25, -0.2) is 0 Å². The Hall–Kier alpha value is -0.570. The molecule has 4 fully saturated rings. The average molecular weight is 476 g/mol. The molecule has 6 nitrogen and oxygen atoms in total. The molecule has 0 radical (unpaired) electrons. The van der Waals surface area contributed by atoms with E-state index in [1.54, 1.807) is 0 Å². The van der Waals surface area contributed by atoms with Crippen LogP contribution in [-0.2, 0) is 9.53 Å². The smallest absolute Gasteiger partial charge is 0.217 e. The predicted molar refractivity (Wildman–Crippen MR) is 113 cm³/mol. The highest BCUT2D eigenvalue weighted by molar-refractivity contribution is 14.0. The van der Waals surface area contributed by atoms with Gasteiger partial charge >= 0.3 is 0 Å². The van der Waals surface area contributed by atoms with Gasteiger partial charge in [-0.1, -0.05) is 6.42 Å². The Morgan fingerprint density at radius 2 is 2.15 bits per heavy atom. The average Bonchev–Trinajstić information content (AvgIpc) is 2.94. The Morgan fingerprint density at radius 3 is 2.81 bits per heavy atom. The number of rotatable bonds is 4. The fourth-order valence-corrected chi connectivity index (χ4v) is 5.69. The van der Waals surface area contributed by atoms with Gasteiger partial charge in [0.25, 0.3) is 0 Å². The van der Waals surface area contributed by atoms with Crippen LogP contribution in [-0.4, -0.2) is 55.2 Å². The van der Waals surface area contributed by atoms with Gasteiger partial charge in [-0.3, -0.25) is 9.79 Å². The van der Waals surface area contributed by atoms with Gasteiger partial charge in [0.15, 0.2) is 5.96 Å². The van der Waals surface area contributed by atoms with E-state index in [2.05, 4.69) is 17.1 Å². The first-order chi connectivity index (χ1) is 12.1.